The van der Waals surface area contributed by atoms with Gasteiger partial charge in [0.25, 0.3) is 10.0 Å². The number of benzene rings is 3. The molecule has 0 bridgehead atoms. The van der Waals surface area contributed by atoms with Gasteiger partial charge in [0, 0.05) is 11.6 Å². The molecule has 0 aromatic heterocycles. The first-order chi connectivity index (χ1) is 15.9. The van der Waals surface area contributed by atoms with Gasteiger partial charge in [-0.1, -0.05) is 42.0 Å². The molecule has 0 unspecified atom stereocenters. The predicted octanol–water partition coefficient (Wildman–Crippen LogP) is 5.94. The third kappa shape index (κ3) is 4.00. The Morgan fingerprint density at radius 2 is 1.88 bits per heavy atom. The van der Waals surface area contributed by atoms with Crippen molar-refractivity contribution in [3.8, 4) is 5.75 Å². The van der Waals surface area contributed by atoms with Crippen LogP contribution in [0.25, 0.3) is 0 Å². The lowest BCUT2D eigenvalue weighted by atomic mass is 9.77. The normalized spacial score (nSPS) is 21.1. The van der Waals surface area contributed by atoms with E-state index in [2.05, 4.69) is 34.3 Å². The number of allylic oxidation sites excluding steroid dienone is 2. The first-order valence-corrected chi connectivity index (χ1v) is 12.7. The molecule has 0 radical (unpaired) electrons. The highest BCUT2D eigenvalue weighted by atomic mass is 32.2. The van der Waals surface area contributed by atoms with Gasteiger partial charge in [0.2, 0.25) is 0 Å². The van der Waals surface area contributed by atoms with Crippen molar-refractivity contribution in [2.45, 2.75) is 37.1 Å². The van der Waals surface area contributed by atoms with Crippen LogP contribution >= 0.6 is 0 Å². The van der Waals surface area contributed by atoms with Crippen molar-refractivity contribution in [3.05, 3.63) is 95.1 Å². The summed E-state index contributed by atoms with van der Waals surface area (Å²) in [4.78, 5) is 0.280. The molecule has 2 aliphatic rings. The Morgan fingerprint density at radius 3 is 2.67 bits per heavy atom. The van der Waals surface area contributed by atoms with E-state index >= 15 is 0 Å². The molecule has 2 N–H and O–H groups in total. The summed E-state index contributed by atoms with van der Waals surface area (Å²) in [5.74, 6) is 1.31. The van der Waals surface area contributed by atoms with Gasteiger partial charge in [-0.3, -0.25) is 4.72 Å². The van der Waals surface area contributed by atoms with Gasteiger partial charge in [-0.2, -0.15) is 0 Å². The molecular formula is C27H28N2O3S. The van der Waals surface area contributed by atoms with Gasteiger partial charge >= 0.3 is 0 Å². The number of fused-ring (bicyclic) bond motifs is 3. The fourth-order valence-corrected chi connectivity index (χ4v) is 6.20. The Morgan fingerprint density at radius 1 is 1.03 bits per heavy atom. The zero-order valence-electron chi connectivity index (χ0n) is 19.0. The number of sulfonamides is 1. The number of hydrogen-bond donors (Lipinski definition) is 2. The third-order valence-corrected chi connectivity index (χ3v) is 8.09. The number of anilines is 2. The van der Waals surface area contributed by atoms with E-state index < -0.39 is 10.0 Å². The molecule has 0 fully saturated rings. The van der Waals surface area contributed by atoms with E-state index in [1.165, 1.54) is 5.56 Å². The summed E-state index contributed by atoms with van der Waals surface area (Å²) in [5.41, 5.74) is 5.77. The summed E-state index contributed by atoms with van der Waals surface area (Å²) in [7, 11) is -2.03. The largest absolute Gasteiger partial charge is 0.497 e. The summed E-state index contributed by atoms with van der Waals surface area (Å²) in [6, 6.07) is 19.4. The maximum absolute atomic E-state index is 13.2. The van der Waals surface area contributed by atoms with Crippen molar-refractivity contribution in [3.63, 3.8) is 0 Å². The van der Waals surface area contributed by atoms with Gasteiger partial charge in [0.05, 0.1) is 23.7 Å². The van der Waals surface area contributed by atoms with Gasteiger partial charge in [-0.15, -0.1) is 0 Å². The number of aryl methyl sites for hydroxylation is 2. The van der Waals surface area contributed by atoms with Crippen molar-refractivity contribution in [2.24, 2.45) is 5.92 Å². The van der Waals surface area contributed by atoms with Crippen molar-refractivity contribution >= 4 is 21.4 Å². The highest BCUT2D eigenvalue weighted by molar-refractivity contribution is 7.92. The highest BCUT2D eigenvalue weighted by Gasteiger charge is 2.38. The van der Waals surface area contributed by atoms with Crippen LogP contribution in [0.1, 0.15) is 40.6 Å². The van der Waals surface area contributed by atoms with Crippen molar-refractivity contribution in [2.75, 3.05) is 17.1 Å². The van der Waals surface area contributed by atoms with Crippen LogP contribution in [0, 0.1) is 19.8 Å². The van der Waals surface area contributed by atoms with Crippen LogP contribution in [0.5, 0.6) is 5.75 Å². The van der Waals surface area contributed by atoms with E-state index in [1.54, 1.807) is 13.2 Å². The molecule has 5 rings (SSSR count). The van der Waals surface area contributed by atoms with Gasteiger partial charge in [0.1, 0.15) is 5.75 Å². The molecule has 6 heteroatoms. The molecular weight excluding hydrogens is 432 g/mol. The van der Waals surface area contributed by atoms with Crippen molar-refractivity contribution in [1.82, 2.24) is 0 Å². The summed E-state index contributed by atoms with van der Waals surface area (Å²) in [6.07, 6.45) is 5.36. The average Bonchev–Trinajstić information content (AvgIpc) is 3.30. The van der Waals surface area contributed by atoms with Gasteiger partial charge in [0.15, 0.2) is 0 Å². The number of hydrogen-bond acceptors (Lipinski definition) is 4. The van der Waals surface area contributed by atoms with Crippen LogP contribution < -0.4 is 14.8 Å². The quantitative estimate of drug-likeness (QED) is 0.463. The van der Waals surface area contributed by atoms with E-state index in [9.17, 15) is 8.42 Å². The van der Waals surface area contributed by atoms with E-state index in [-0.39, 0.29) is 16.9 Å². The smallest absolute Gasteiger partial charge is 0.261 e. The minimum Gasteiger partial charge on any atom is -0.497 e. The Kier molecular flexibility index (Phi) is 5.41. The number of nitrogens with one attached hydrogen (secondary N) is 2. The van der Waals surface area contributed by atoms with Gasteiger partial charge in [-0.05, 0) is 79.3 Å². The second-order valence-corrected chi connectivity index (χ2v) is 10.6. The van der Waals surface area contributed by atoms with E-state index in [4.69, 9.17) is 4.74 Å². The second kappa shape index (κ2) is 8.27. The average molecular weight is 461 g/mol. The SMILES string of the molecule is COc1cccc([C@H]2Nc3ccc(S(=O)(=O)Nc4ccc(C)cc4C)cc3[C@H]3C=CC[C@H]32)c1. The monoisotopic (exact) mass is 460 g/mol. The lowest BCUT2D eigenvalue weighted by molar-refractivity contribution is 0.406. The maximum atomic E-state index is 13.2. The number of rotatable bonds is 5. The lowest BCUT2D eigenvalue weighted by Gasteiger charge is -2.37. The molecule has 33 heavy (non-hydrogen) atoms. The Labute approximate surface area is 195 Å². The molecule has 1 aliphatic carbocycles. The molecule has 1 aliphatic heterocycles. The van der Waals surface area contributed by atoms with E-state index in [0.29, 0.717) is 11.6 Å². The molecule has 3 aromatic rings. The molecule has 1 heterocycles. The summed E-state index contributed by atoms with van der Waals surface area (Å²) in [5, 5.41) is 3.67. The second-order valence-electron chi connectivity index (χ2n) is 8.93. The van der Waals surface area contributed by atoms with E-state index in [1.807, 2.05) is 56.3 Å². The summed E-state index contributed by atoms with van der Waals surface area (Å²) < 4.78 is 34.6. The van der Waals surface area contributed by atoms with Crippen molar-refractivity contribution in [1.29, 1.82) is 0 Å². The van der Waals surface area contributed by atoms with Crippen LogP contribution in [0.3, 0.4) is 0 Å². The standard InChI is InChI=1S/C27H28N2O3S/c1-17-10-12-25(18(2)14-17)29-33(30,31)21-11-13-26-24(16-21)22-8-5-9-23(22)27(28-26)19-6-4-7-20(15-19)32-3/h4-8,10-16,22-23,27-29H,9H2,1-3H3/t22-,23+,27+/m0/s1. The minimum atomic E-state index is -3.70. The summed E-state index contributed by atoms with van der Waals surface area (Å²) in [6.45, 7) is 3.90. The third-order valence-electron chi connectivity index (χ3n) is 6.72. The van der Waals surface area contributed by atoms with E-state index in [0.717, 1.165) is 34.5 Å². The van der Waals surface area contributed by atoms with Crippen LogP contribution in [-0.2, 0) is 10.0 Å². The first-order valence-electron chi connectivity index (χ1n) is 11.2. The Balaban J connectivity index is 1.49. The lowest BCUT2D eigenvalue weighted by Crippen LogP contribution is -2.29. The first kappa shape index (κ1) is 21.6. The fourth-order valence-electron chi connectivity index (χ4n) is 5.04. The molecule has 0 saturated carbocycles. The number of ether oxygens (including phenoxy) is 1. The zero-order valence-corrected chi connectivity index (χ0v) is 19.8. The maximum Gasteiger partial charge on any atom is 0.261 e. The van der Waals surface area contributed by atoms with Crippen LogP contribution in [0.4, 0.5) is 11.4 Å². The molecule has 0 spiro atoms. The predicted molar refractivity (Wildman–Crippen MR) is 133 cm³/mol. The Hall–Kier alpha value is -3.25. The van der Waals surface area contributed by atoms with Crippen molar-refractivity contribution < 1.29 is 13.2 Å². The zero-order chi connectivity index (χ0) is 23.2. The van der Waals surface area contributed by atoms with Gasteiger partial charge in [-0.25, -0.2) is 8.42 Å². The van der Waals surface area contributed by atoms with Crippen LogP contribution in [-0.4, -0.2) is 15.5 Å². The molecule has 0 saturated heterocycles. The molecule has 5 nitrogen and oxygen atoms in total. The topological polar surface area (TPSA) is 67.4 Å². The number of methoxy groups -OCH3 is 1. The van der Waals surface area contributed by atoms with Gasteiger partial charge < -0.3 is 10.1 Å². The molecule has 3 aromatic carbocycles. The molecule has 0 amide bonds. The van der Waals surface area contributed by atoms with Crippen LogP contribution in [0.15, 0.2) is 77.7 Å². The molecule has 170 valence electrons. The molecule has 3 atom stereocenters. The highest BCUT2D eigenvalue weighted by Crippen LogP contribution is 2.50. The Bertz CT molecular complexity index is 1350. The summed E-state index contributed by atoms with van der Waals surface area (Å²) >= 11 is 0. The van der Waals surface area contributed by atoms with Crippen LogP contribution in [0.2, 0.25) is 0 Å². The fraction of sp³-hybridized carbons (Fsp3) is 0.259. The minimum absolute atomic E-state index is 0.128.